The minimum atomic E-state index is 0.698. The molecule has 3 atom stereocenters. The molecule has 2 aromatic rings. The Bertz CT molecular complexity index is 658. The van der Waals surface area contributed by atoms with Gasteiger partial charge in [-0.15, -0.1) is 0 Å². The molecule has 3 nitrogen and oxygen atoms in total. The van der Waals surface area contributed by atoms with E-state index in [0.29, 0.717) is 6.04 Å². The lowest BCUT2D eigenvalue weighted by Crippen LogP contribution is -2.47. The Balaban J connectivity index is 1.36. The molecule has 0 bridgehead atoms. The van der Waals surface area contributed by atoms with E-state index in [0.717, 1.165) is 24.9 Å². The van der Waals surface area contributed by atoms with E-state index in [4.69, 9.17) is 0 Å². The summed E-state index contributed by atoms with van der Waals surface area (Å²) in [5, 5.41) is 8.90. The molecule has 2 fully saturated rings. The summed E-state index contributed by atoms with van der Waals surface area (Å²) in [4.78, 5) is 4.58. The van der Waals surface area contributed by atoms with Gasteiger partial charge in [-0.3, -0.25) is 4.98 Å². The Morgan fingerprint density at radius 1 is 1.04 bits per heavy atom. The van der Waals surface area contributed by atoms with Crippen molar-refractivity contribution in [1.29, 1.82) is 0 Å². The van der Waals surface area contributed by atoms with Crippen molar-refractivity contribution in [2.24, 2.45) is 5.92 Å². The molecule has 4 rings (SSSR count). The van der Waals surface area contributed by atoms with Gasteiger partial charge >= 0.3 is 0 Å². The predicted molar refractivity (Wildman–Crippen MR) is 100 cm³/mol. The molecule has 3 unspecified atom stereocenters. The van der Waals surface area contributed by atoms with Gasteiger partial charge in [-0.05, 0) is 62.7 Å². The van der Waals surface area contributed by atoms with Gasteiger partial charge in [-0.2, -0.15) is 0 Å². The largest absolute Gasteiger partial charge is 0.314 e. The van der Waals surface area contributed by atoms with E-state index in [9.17, 15) is 0 Å². The lowest BCUT2D eigenvalue weighted by Gasteiger charge is -2.33. The first-order valence-corrected chi connectivity index (χ1v) is 9.71. The van der Waals surface area contributed by atoms with E-state index in [2.05, 4.69) is 39.9 Å². The third-order valence-corrected chi connectivity index (χ3v) is 5.95. The molecule has 1 aliphatic carbocycles. The molecule has 2 N–H and O–H groups in total. The van der Waals surface area contributed by atoms with Crippen LogP contribution >= 0.6 is 0 Å². The number of hydrogen-bond donors (Lipinski definition) is 2. The number of hydrogen-bond acceptors (Lipinski definition) is 3. The van der Waals surface area contributed by atoms with Crippen LogP contribution in [0.2, 0.25) is 0 Å². The SMILES string of the molecule is c1cnc2c(CCNC3CCCC3C3CCCCN3)cccc2c1. The Hall–Kier alpha value is -1.45. The third kappa shape index (κ3) is 3.47. The molecule has 0 amide bonds. The maximum Gasteiger partial charge on any atom is 0.0734 e. The summed E-state index contributed by atoms with van der Waals surface area (Å²) in [6.07, 6.45) is 11.2. The lowest BCUT2D eigenvalue weighted by atomic mass is 9.88. The summed E-state index contributed by atoms with van der Waals surface area (Å²) in [6.45, 7) is 2.28. The van der Waals surface area contributed by atoms with E-state index >= 15 is 0 Å². The van der Waals surface area contributed by atoms with Gasteiger partial charge in [0.05, 0.1) is 5.52 Å². The van der Waals surface area contributed by atoms with Crippen LogP contribution in [-0.4, -0.2) is 30.2 Å². The van der Waals surface area contributed by atoms with E-state index in [1.807, 2.05) is 12.3 Å². The van der Waals surface area contributed by atoms with Crippen LogP contribution in [-0.2, 0) is 6.42 Å². The topological polar surface area (TPSA) is 37.0 Å². The summed E-state index contributed by atoms with van der Waals surface area (Å²) in [7, 11) is 0. The number of benzene rings is 1. The average molecular weight is 323 g/mol. The summed E-state index contributed by atoms with van der Waals surface area (Å²) in [5.74, 6) is 0.830. The van der Waals surface area contributed by atoms with E-state index in [1.165, 1.54) is 61.5 Å². The summed E-state index contributed by atoms with van der Waals surface area (Å²) < 4.78 is 0. The van der Waals surface area contributed by atoms with Gasteiger partial charge in [0, 0.05) is 23.7 Å². The molecule has 2 heterocycles. The molecule has 2 aliphatic rings. The van der Waals surface area contributed by atoms with Crippen LogP contribution < -0.4 is 10.6 Å². The highest BCUT2D eigenvalue weighted by Crippen LogP contribution is 2.31. The Kier molecular flexibility index (Phi) is 5.10. The number of nitrogens with zero attached hydrogens (tertiary/aromatic N) is 1. The van der Waals surface area contributed by atoms with Crippen LogP contribution in [0.4, 0.5) is 0 Å². The van der Waals surface area contributed by atoms with E-state index in [-0.39, 0.29) is 0 Å². The number of fused-ring (bicyclic) bond motifs is 1. The smallest absolute Gasteiger partial charge is 0.0734 e. The monoisotopic (exact) mass is 323 g/mol. The fourth-order valence-electron chi connectivity index (χ4n) is 4.73. The van der Waals surface area contributed by atoms with Gasteiger partial charge in [0.1, 0.15) is 0 Å². The number of aromatic nitrogens is 1. The van der Waals surface area contributed by atoms with Crippen LogP contribution in [0, 0.1) is 5.92 Å². The van der Waals surface area contributed by atoms with Crippen LogP contribution in [0.5, 0.6) is 0 Å². The normalized spacial score (nSPS) is 27.6. The van der Waals surface area contributed by atoms with E-state index in [1.54, 1.807) is 0 Å². The molecule has 3 heteroatoms. The first-order valence-electron chi connectivity index (χ1n) is 9.71. The second-order valence-corrected chi connectivity index (χ2v) is 7.45. The first-order chi connectivity index (χ1) is 11.9. The number of para-hydroxylation sites is 1. The fourth-order valence-corrected chi connectivity index (χ4v) is 4.73. The van der Waals surface area contributed by atoms with Crippen LogP contribution in [0.1, 0.15) is 44.1 Å². The van der Waals surface area contributed by atoms with Gasteiger partial charge in [-0.25, -0.2) is 0 Å². The second-order valence-electron chi connectivity index (χ2n) is 7.45. The molecule has 1 aromatic heterocycles. The Morgan fingerprint density at radius 3 is 2.92 bits per heavy atom. The number of piperidine rings is 1. The van der Waals surface area contributed by atoms with Crippen molar-refractivity contribution in [1.82, 2.24) is 15.6 Å². The lowest BCUT2D eigenvalue weighted by molar-refractivity contribution is 0.258. The molecule has 1 aromatic carbocycles. The number of nitrogens with one attached hydrogen (secondary N) is 2. The molecule has 1 saturated carbocycles. The van der Waals surface area contributed by atoms with Crippen molar-refractivity contribution in [2.75, 3.05) is 13.1 Å². The zero-order valence-corrected chi connectivity index (χ0v) is 14.5. The van der Waals surface area contributed by atoms with Crippen molar-refractivity contribution in [3.8, 4) is 0 Å². The zero-order chi connectivity index (χ0) is 16.2. The molecule has 0 radical (unpaired) electrons. The zero-order valence-electron chi connectivity index (χ0n) is 14.5. The summed E-state index contributed by atoms with van der Waals surface area (Å²) in [6, 6.07) is 12.2. The van der Waals surface area contributed by atoms with E-state index < -0.39 is 0 Å². The molecule has 1 saturated heterocycles. The quantitative estimate of drug-likeness (QED) is 0.881. The summed E-state index contributed by atoms with van der Waals surface area (Å²) >= 11 is 0. The maximum atomic E-state index is 4.58. The van der Waals surface area contributed by atoms with Gasteiger partial charge < -0.3 is 10.6 Å². The molecule has 0 spiro atoms. The van der Waals surface area contributed by atoms with Crippen LogP contribution in [0.15, 0.2) is 36.5 Å². The maximum absolute atomic E-state index is 4.58. The van der Waals surface area contributed by atoms with Gasteiger partial charge in [0.25, 0.3) is 0 Å². The second kappa shape index (κ2) is 7.62. The highest BCUT2D eigenvalue weighted by molar-refractivity contribution is 5.81. The molecule has 1 aliphatic heterocycles. The van der Waals surface area contributed by atoms with Crippen molar-refractivity contribution >= 4 is 10.9 Å². The highest BCUT2D eigenvalue weighted by atomic mass is 15.0. The minimum Gasteiger partial charge on any atom is -0.314 e. The highest BCUT2D eigenvalue weighted by Gasteiger charge is 2.33. The third-order valence-electron chi connectivity index (χ3n) is 5.95. The average Bonchev–Trinajstić information content (AvgIpc) is 3.11. The van der Waals surface area contributed by atoms with Crippen molar-refractivity contribution in [2.45, 2.75) is 57.0 Å². The molecular weight excluding hydrogens is 294 g/mol. The minimum absolute atomic E-state index is 0.698. The van der Waals surface area contributed by atoms with Crippen molar-refractivity contribution in [3.63, 3.8) is 0 Å². The Morgan fingerprint density at radius 2 is 2.00 bits per heavy atom. The predicted octanol–water partition coefficient (Wildman–Crippen LogP) is 3.68. The first kappa shape index (κ1) is 16.0. The molecule has 24 heavy (non-hydrogen) atoms. The van der Waals surface area contributed by atoms with Gasteiger partial charge in [0.15, 0.2) is 0 Å². The number of rotatable bonds is 5. The van der Waals surface area contributed by atoms with Crippen molar-refractivity contribution in [3.05, 3.63) is 42.1 Å². The van der Waals surface area contributed by atoms with Crippen LogP contribution in [0.3, 0.4) is 0 Å². The van der Waals surface area contributed by atoms with Crippen molar-refractivity contribution < 1.29 is 0 Å². The fraction of sp³-hybridized carbons (Fsp3) is 0.571. The molecule has 128 valence electrons. The van der Waals surface area contributed by atoms with Crippen LogP contribution in [0.25, 0.3) is 10.9 Å². The Labute approximate surface area is 145 Å². The van der Waals surface area contributed by atoms with Gasteiger partial charge in [0.2, 0.25) is 0 Å². The summed E-state index contributed by atoms with van der Waals surface area (Å²) in [5.41, 5.74) is 2.53. The standard InChI is InChI=1S/C21H29N3/c1-2-13-22-19(10-1)18-9-4-11-20(18)23-15-12-17-7-3-6-16-8-5-14-24-21(16)17/h3,5-8,14,18-20,22-23H,1-2,4,9-13,15H2. The number of pyridine rings is 1. The van der Waals surface area contributed by atoms with Gasteiger partial charge in [-0.1, -0.05) is 37.1 Å². The molecular formula is C21H29N3.